The zero-order valence-electron chi connectivity index (χ0n) is 18.4. The first-order valence-corrected chi connectivity index (χ1v) is 10.2. The molecule has 1 aliphatic heterocycles. The maximum Gasteiger partial charge on any atom is 0.243 e. The van der Waals surface area contributed by atoms with Gasteiger partial charge in [0.1, 0.15) is 12.4 Å². The molecule has 1 heterocycles. The summed E-state index contributed by atoms with van der Waals surface area (Å²) in [5.41, 5.74) is 1.04. The number of rotatable bonds is 8. The van der Waals surface area contributed by atoms with E-state index in [1.807, 2.05) is 12.1 Å². The number of nitrogens with zero attached hydrogens (tertiary/aromatic N) is 3. The van der Waals surface area contributed by atoms with Crippen LogP contribution in [-0.2, 0) is 9.53 Å². The van der Waals surface area contributed by atoms with Crippen LogP contribution in [0, 0.1) is 11.7 Å². The minimum Gasteiger partial charge on any atom is -0.379 e. The first kappa shape index (κ1) is 26.6. The summed E-state index contributed by atoms with van der Waals surface area (Å²) in [5, 5.41) is 6.67. The molecular weight excluding hydrogens is 500 g/mol. The van der Waals surface area contributed by atoms with E-state index in [2.05, 4.69) is 34.4 Å². The first-order chi connectivity index (χ1) is 13.9. The Kier molecular flexibility index (Phi) is 12.2. The molecule has 1 aromatic rings. The summed E-state index contributed by atoms with van der Waals surface area (Å²) in [6.45, 7) is 8.65. The van der Waals surface area contributed by atoms with E-state index in [9.17, 15) is 9.18 Å². The molecule has 1 unspecified atom stereocenters. The van der Waals surface area contributed by atoms with Gasteiger partial charge in [-0.05, 0) is 23.6 Å². The lowest BCUT2D eigenvalue weighted by Crippen LogP contribution is -2.47. The molecule has 0 aliphatic carbocycles. The lowest BCUT2D eigenvalue weighted by Gasteiger charge is -2.35. The van der Waals surface area contributed by atoms with Gasteiger partial charge < -0.3 is 20.3 Å². The molecule has 1 aliphatic rings. The number of likely N-dealkylation sites (N-methyl/N-ethyl adjacent to an activating group) is 1. The fraction of sp³-hybridized carbons (Fsp3) is 0.619. The average molecular weight is 535 g/mol. The topological polar surface area (TPSA) is 69.2 Å². The number of ether oxygens (including phenoxy) is 1. The van der Waals surface area contributed by atoms with Gasteiger partial charge in [-0.15, -0.1) is 24.0 Å². The van der Waals surface area contributed by atoms with Crippen molar-refractivity contribution in [1.29, 1.82) is 0 Å². The van der Waals surface area contributed by atoms with Gasteiger partial charge in [0, 0.05) is 40.3 Å². The quantitative estimate of drug-likeness (QED) is 0.303. The summed E-state index contributed by atoms with van der Waals surface area (Å²) in [7, 11) is 3.44. The van der Waals surface area contributed by atoms with Crippen LogP contribution in [0.5, 0.6) is 0 Å². The second-order valence-corrected chi connectivity index (χ2v) is 7.82. The Labute approximate surface area is 196 Å². The summed E-state index contributed by atoms with van der Waals surface area (Å²) in [4.78, 5) is 20.2. The number of nitrogens with one attached hydrogen (secondary N) is 2. The Morgan fingerprint density at radius 2 is 1.77 bits per heavy atom. The van der Waals surface area contributed by atoms with Gasteiger partial charge in [0.15, 0.2) is 5.96 Å². The van der Waals surface area contributed by atoms with E-state index in [0.717, 1.165) is 25.2 Å². The van der Waals surface area contributed by atoms with E-state index in [-0.39, 0.29) is 48.3 Å². The Morgan fingerprint density at radius 1 is 1.17 bits per heavy atom. The number of benzene rings is 1. The zero-order chi connectivity index (χ0) is 21.2. The number of carbonyl (C=O) groups is 1. The van der Waals surface area contributed by atoms with Crippen LogP contribution in [0.2, 0.25) is 0 Å². The number of amides is 1. The van der Waals surface area contributed by atoms with E-state index in [1.54, 1.807) is 14.1 Å². The molecular formula is C21H35FIN5O2. The summed E-state index contributed by atoms with van der Waals surface area (Å²) < 4.78 is 18.9. The largest absolute Gasteiger partial charge is 0.379 e. The zero-order valence-corrected chi connectivity index (χ0v) is 20.7. The Hall–Kier alpha value is -1.46. The van der Waals surface area contributed by atoms with Crippen molar-refractivity contribution in [3.63, 3.8) is 0 Å². The summed E-state index contributed by atoms with van der Waals surface area (Å²) >= 11 is 0. The lowest BCUT2D eigenvalue weighted by atomic mass is 10.0. The molecule has 0 saturated carbocycles. The number of hydrogen-bond acceptors (Lipinski definition) is 4. The van der Waals surface area contributed by atoms with Crippen molar-refractivity contribution < 1.29 is 13.9 Å². The Bertz CT molecular complexity index is 664. The van der Waals surface area contributed by atoms with Crippen molar-refractivity contribution >= 4 is 35.8 Å². The highest BCUT2D eigenvalue weighted by molar-refractivity contribution is 14.0. The van der Waals surface area contributed by atoms with Crippen molar-refractivity contribution in [2.45, 2.75) is 19.9 Å². The second kappa shape index (κ2) is 13.8. The molecule has 30 heavy (non-hydrogen) atoms. The first-order valence-electron chi connectivity index (χ1n) is 10.2. The molecule has 1 aromatic carbocycles. The molecule has 0 bridgehead atoms. The SMILES string of the molecule is CC(C)CNC(=NCC(=O)N(C)C)NCC(c1ccc(F)cc1)N1CCOCC1.I. The molecule has 2 N–H and O–H groups in total. The van der Waals surface area contributed by atoms with Crippen molar-refractivity contribution in [3.8, 4) is 0 Å². The molecule has 0 radical (unpaired) electrons. The van der Waals surface area contributed by atoms with Crippen LogP contribution in [0.1, 0.15) is 25.5 Å². The predicted octanol–water partition coefficient (Wildman–Crippen LogP) is 2.10. The summed E-state index contributed by atoms with van der Waals surface area (Å²) in [6.07, 6.45) is 0. The summed E-state index contributed by atoms with van der Waals surface area (Å²) in [5.74, 6) is 0.748. The van der Waals surface area contributed by atoms with E-state index in [4.69, 9.17) is 4.74 Å². The number of halogens is 2. The number of morpholine rings is 1. The van der Waals surface area contributed by atoms with Gasteiger partial charge in [-0.25, -0.2) is 9.38 Å². The predicted molar refractivity (Wildman–Crippen MR) is 129 cm³/mol. The molecule has 170 valence electrons. The highest BCUT2D eigenvalue weighted by Gasteiger charge is 2.23. The van der Waals surface area contributed by atoms with Crippen molar-refractivity contribution in [2.24, 2.45) is 10.9 Å². The maximum absolute atomic E-state index is 13.4. The molecule has 1 atom stereocenters. The Morgan fingerprint density at radius 3 is 2.33 bits per heavy atom. The highest BCUT2D eigenvalue weighted by Crippen LogP contribution is 2.21. The van der Waals surface area contributed by atoms with Gasteiger partial charge in [0.25, 0.3) is 0 Å². The second-order valence-electron chi connectivity index (χ2n) is 7.82. The maximum atomic E-state index is 13.4. The van der Waals surface area contributed by atoms with Crippen molar-refractivity contribution in [3.05, 3.63) is 35.6 Å². The number of hydrogen-bond donors (Lipinski definition) is 2. The molecule has 0 spiro atoms. The van der Waals surface area contributed by atoms with Gasteiger partial charge in [-0.3, -0.25) is 9.69 Å². The monoisotopic (exact) mass is 535 g/mol. The third-order valence-corrected chi connectivity index (χ3v) is 4.75. The van der Waals surface area contributed by atoms with Gasteiger partial charge in [0.2, 0.25) is 5.91 Å². The van der Waals surface area contributed by atoms with Gasteiger partial charge >= 0.3 is 0 Å². The van der Waals surface area contributed by atoms with Crippen LogP contribution in [0.15, 0.2) is 29.3 Å². The average Bonchev–Trinajstić information content (AvgIpc) is 2.71. The van der Waals surface area contributed by atoms with E-state index in [0.29, 0.717) is 31.6 Å². The number of aliphatic imine (C=N–C) groups is 1. The third-order valence-electron chi connectivity index (χ3n) is 4.75. The van der Waals surface area contributed by atoms with Crippen LogP contribution in [0.25, 0.3) is 0 Å². The Balaban J connectivity index is 0.00000450. The summed E-state index contributed by atoms with van der Waals surface area (Å²) in [6, 6.07) is 6.68. The third kappa shape index (κ3) is 9.13. The van der Waals surface area contributed by atoms with E-state index >= 15 is 0 Å². The van der Waals surface area contributed by atoms with Gasteiger partial charge in [-0.2, -0.15) is 0 Å². The van der Waals surface area contributed by atoms with Crippen LogP contribution in [0.4, 0.5) is 4.39 Å². The standard InChI is InChI=1S/C21H34FN5O2.HI/c1-16(2)13-23-21(25-15-20(28)26(3)4)24-14-19(27-9-11-29-12-10-27)17-5-7-18(22)8-6-17;/h5-8,16,19H,9-15H2,1-4H3,(H2,23,24,25);1H. The lowest BCUT2D eigenvalue weighted by molar-refractivity contribution is -0.127. The molecule has 0 aromatic heterocycles. The minimum absolute atomic E-state index is 0. The number of guanidine groups is 1. The molecule has 1 fully saturated rings. The molecule has 1 amide bonds. The van der Waals surface area contributed by atoms with Crippen molar-refractivity contribution in [1.82, 2.24) is 20.4 Å². The normalized spacial score (nSPS) is 16.0. The molecule has 2 rings (SSSR count). The molecule has 9 heteroatoms. The van der Waals surface area contributed by atoms with Crippen LogP contribution in [-0.4, -0.2) is 81.7 Å². The minimum atomic E-state index is -0.245. The van der Waals surface area contributed by atoms with Crippen LogP contribution >= 0.6 is 24.0 Å². The smallest absolute Gasteiger partial charge is 0.243 e. The van der Waals surface area contributed by atoms with Gasteiger partial charge in [0.05, 0.1) is 19.3 Å². The van der Waals surface area contributed by atoms with Crippen molar-refractivity contribution in [2.75, 3.05) is 60.0 Å². The van der Waals surface area contributed by atoms with Gasteiger partial charge in [-0.1, -0.05) is 26.0 Å². The fourth-order valence-electron chi connectivity index (χ4n) is 2.99. The van der Waals surface area contributed by atoms with Crippen LogP contribution in [0.3, 0.4) is 0 Å². The molecule has 7 nitrogen and oxygen atoms in total. The van der Waals surface area contributed by atoms with Crippen LogP contribution < -0.4 is 10.6 Å². The van der Waals surface area contributed by atoms with E-state index < -0.39 is 0 Å². The van der Waals surface area contributed by atoms with E-state index in [1.165, 1.54) is 17.0 Å². The molecule has 1 saturated heterocycles. The highest BCUT2D eigenvalue weighted by atomic mass is 127. The number of carbonyl (C=O) groups excluding carboxylic acids is 1. The fourth-order valence-corrected chi connectivity index (χ4v) is 2.99.